The molecule has 19 heavy (non-hydrogen) atoms. The van der Waals surface area contributed by atoms with Gasteiger partial charge in [0.2, 0.25) is 11.8 Å². The third-order valence-electron chi connectivity index (χ3n) is 3.51. The summed E-state index contributed by atoms with van der Waals surface area (Å²) in [5.41, 5.74) is 0. The van der Waals surface area contributed by atoms with Gasteiger partial charge in [-0.2, -0.15) is 0 Å². The molecule has 0 aromatic heterocycles. The predicted octanol–water partition coefficient (Wildman–Crippen LogP) is -0.676. The third-order valence-corrected chi connectivity index (χ3v) is 5.28. The summed E-state index contributed by atoms with van der Waals surface area (Å²) in [5.74, 6) is -0.517. The van der Waals surface area contributed by atoms with Crippen LogP contribution in [0, 0.1) is 5.92 Å². The van der Waals surface area contributed by atoms with Gasteiger partial charge in [-0.3, -0.25) is 9.59 Å². The minimum atomic E-state index is -3.00. The molecule has 2 heterocycles. The highest BCUT2D eigenvalue weighted by Gasteiger charge is 2.36. The Labute approximate surface area is 112 Å². The molecule has 2 fully saturated rings. The molecule has 2 aliphatic heterocycles. The molecule has 2 saturated heterocycles. The molecule has 0 bridgehead atoms. The van der Waals surface area contributed by atoms with Crippen LogP contribution in [0.3, 0.4) is 0 Å². The fourth-order valence-corrected chi connectivity index (χ4v) is 4.18. The van der Waals surface area contributed by atoms with Gasteiger partial charge in [-0.1, -0.05) is 6.08 Å². The number of hydrogen-bond donors (Lipinski definition) is 1. The van der Waals surface area contributed by atoms with Crippen molar-refractivity contribution < 1.29 is 18.0 Å². The number of nitrogens with one attached hydrogen (secondary N) is 1. The van der Waals surface area contributed by atoms with Gasteiger partial charge in [-0.25, -0.2) is 8.42 Å². The van der Waals surface area contributed by atoms with Crippen molar-refractivity contribution in [3.8, 4) is 0 Å². The summed E-state index contributed by atoms with van der Waals surface area (Å²) in [7, 11) is -3.00. The maximum absolute atomic E-state index is 12.0. The van der Waals surface area contributed by atoms with Crippen molar-refractivity contribution in [1.82, 2.24) is 10.2 Å². The molecule has 106 valence electrons. The Balaban J connectivity index is 1.88. The van der Waals surface area contributed by atoms with Crippen molar-refractivity contribution in [2.45, 2.75) is 18.9 Å². The van der Waals surface area contributed by atoms with Crippen LogP contribution in [-0.4, -0.2) is 55.8 Å². The minimum Gasteiger partial charge on any atom is -0.352 e. The molecule has 2 amide bonds. The largest absolute Gasteiger partial charge is 0.352 e. The maximum atomic E-state index is 12.0. The van der Waals surface area contributed by atoms with E-state index in [2.05, 4.69) is 11.9 Å². The van der Waals surface area contributed by atoms with Crippen molar-refractivity contribution in [3.63, 3.8) is 0 Å². The van der Waals surface area contributed by atoms with Gasteiger partial charge < -0.3 is 10.2 Å². The molecule has 2 unspecified atom stereocenters. The van der Waals surface area contributed by atoms with Crippen molar-refractivity contribution in [2.75, 3.05) is 24.6 Å². The summed E-state index contributed by atoms with van der Waals surface area (Å²) >= 11 is 0. The van der Waals surface area contributed by atoms with Gasteiger partial charge in [-0.05, 0) is 6.42 Å². The molecule has 0 saturated carbocycles. The lowest BCUT2D eigenvalue weighted by Gasteiger charge is -2.16. The van der Waals surface area contributed by atoms with Crippen LogP contribution < -0.4 is 5.32 Å². The van der Waals surface area contributed by atoms with E-state index >= 15 is 0 Å². The Morgan fingerprint density at radius 2 is 2.26 bits per heavy atom. The van der Waals surface area contributed by atoms with Gasteiger partial charge >= 0.3 is 0 Å². The lowest BCUT2D eigenvalue weighted by atomic mass is 10.1. The number of hydrogen-bond acceptors (Lipinski definition) is 4. The average Bonchev–Trinajstić information content (AvgIpc) is 2.84. The standard InChI is InChI=1S/C12H18N2O4S/c1-2-4-14-7-9(6-11(14)15)12(16)13-10-3-5-19(17,18)8-10/h2,9-10H,1,3-8H2,(H,13,16). The molecule has 0 aliphatic carbocycles. The van der Waals surface area contributed by atoms with Crippen LogP contribution in [0.4, 0.5) is 0 Å². The zero-order chi connectivity index (χ0) is 14.0. The minimum absolute atomic E-state index is 0.00970. The molecule has 2 rings (SSSR count). The maximum Gasteiger partial charge on any atom is 0.225 e. The van der Waals surface area contributed by atoms with Crippen LogP contribution in [0.25, 0.3) is 0 Å². The summed E-state index contributed by atoms with van der Waals surface area (Å²) in [5, 5.41) is 2.74. The van der Waals surface area contributed by atoms with E-state index in [1.807, 2.05) is 0 Å². The van der Waals surface area contributed by atoms with Crippen LogP contribution in [0.5, 0.6) is 0 Å². The molecule has 2 atom stereocenters. The lowest BCUT2D eigenvalue weighted by Crippen LogP contribution is -2.40. The smallest absolute Gasteiger partial charge is 0.225 e. The Morgan fingerprint density at radius 1 is 1.53 bits per heavy atom. The Kier molecular flexibility index (Phi) is 3.93. The van der Waals surface area contributed by atoms with Crippen molar-refractivity contribution in [2.24, 2.45) is 5.92 Å². The second-order valence-electron chi connectivity index (χ2n) is 5.10. The zero-order valence-electron chi connectivity index (χ0n) is 10.7. The van der Waals surface area contributed by atoms with Crippen molar-refractivity contribution in [1.29, 1.82) is 0 Å². The summed E-state index contributed by atoms with van der Waals surface area (Å²) in [6, 6.07) is -0.305. The molecule has 6 nitrogen and oxygen atoms in total. The van der Waals surface area contributed by atoms with Crippen LogP contribution in [0.2, 0.25) is 0 Å². The zero-order valence-corrected chi connectivity index (χ0v) is 11.5. The Morgan fingerprint density at radius 3 is 2.84 bits per heavy atom. The summed E-state index contributed by atoms with van der Waals surface area (Å²) in [6.07, 6.45) is 2.28. The first-order chi connectivity index (χ1) is 8.91. The topological polar surface area (TPSA) is 83.6 Å². The quantitative estimate of drug-likeness (QED) is 0.694. The molecule has 2 aliphatic rings. The first-order valence-electron chi connectivity index (χ1n) is 6.31. The van der Waals surface area contributed by atoms with Gasteiger partial charge in [0.15, 0.2) is 9.84 Å². The van der Waals surface area contributed by atoms with E-state index in [1.165, 1.54) is 0 Å². The van der Waals surface area contributed by atoms with Gasteiger partial charge in [0.05, 0.1) is 17.4 Å². The number of carbonyl (C=O) groups excluding carboxylic acids is 2. The Bertz CT molecular complexity index is 500. The highest BCUT2D eigenvalue weighted by atomic mass is 32.2. The number of likely N-dealkylation sites (tertiary alicyclic amines) is 1. The summed E-state index contributed by atoms with van der Waals surface area (Å²) in [6.45, 7) is 4.40. The van der Waals surface area contributed by atoms with Crippen LogP contribution in [-0.2, 0) is 19.4 Å². The number of sulfone groups is 1. The molecule has 1 N–H and O–H groups in total. The SMILES string of the molecule is C=CCN1CC(C(=O)NC2CCS(=O)(=O)C2)CC1=O. The van der Waals surface area contributed by atoms with Crippen molar-refractivity contribution in [3.05, 3.63) is 12.7 Å². The second-order valence-corrected chi connectivity index (χ2v) is 7.33. The average molecular weight is 286 g/mol. The lowest BCUT2D eigenvalue weighted by molar-refractivity contribution is -0.128. The number of rotatable bonds is 4. The first-order valence-corrected chi connectivity index (χ1v) is 8.13. The van der Waals surface area contributed by atoms with E-state index in [9.17, 15) is 18.0 Å². The second kappa shape index (κ2) is 5.32. The van der Waals surface area contributed by atoms with Crippen LogP contribution in [0.15, 0.2) is 12.7 Å². The molecule has 0 aromatic rings. The van der Waals surface area contributed by atoms with E-state index in [1.54, 1.807) is 11.0 Å². The highest BCUT2D eigenvalue weighted by molar-refractivity contribution is 7.91. The fourth-order valence-electron chi connectivity index (χ4n) is 2.51. The molecule has 0 spiro atoms. The van der Waals surface area contributed by atoms with E-state index < -0.39 is 9.84 Å². The monoisotopic (exact) mass is 286 g/mol. The van der Waals surface area contributed by atoms with E-state index in [-0.39, 0.29) is 41.7 Å². The normalized spacial score (nSPS) is 29.5. The number of nitrogens with zero attached hydrogens (tertiary/aromatic N) is 1. The van der Waals surface area contributed by atoms with Crippen LogP contribution in [0.1, 0.15) is 12.8 Å². The summed E-state index contributed by atoms with van der Waals surface area (Å²) < 4.78 is 22.6. The van der Waals surface area contributed by atoms with E-state index in [4.69, 9.17) is 0 Å². The van der Waals surface area contributed by atoms with E-state index in [0.29, 0.717) is 19.5 Å². The number of amides is 2. The predicted molar refractivity (Wildman–Crippen MR) is 70.1 cm³/mol. The molecular formula is C12H18N2O4S. The highest BCUT2D eigenvalue weighted by Crippen LogP contribution is 2.19. The first kappa shape index (κ1) is 14.0. The number of carbonyl (C=O) groups is 2. The Hall–Kier alpha value is -1.37. The van der Waals surface area contributed by atoms with E-state index in [0.717, 1.165) is 0 Å². The molecule has 7 heteroatoms. The van der Waals surface area contributed by atoms with Crippen LogP contribution >= 0.6 is 0 Å². The molecule has 0 radical (unpaired) electrons. The molecular weight excluding hydrogens is 268 g/mol. The molecule has 0 aromatic carbocycles. The van der Waals surface area contributed by atoms with Gasteiger partial charge in [0, 0.05) is 25.6 Å². The summed E-state index contributed by atoms with van der Waals surface area (Å²) in [4.78, 5) is 25.2. The van der Waals surface area contributed by atoms with Gasteiger partial charge in [-0.15, -0.1) is 6.58 Å². The van der Waals surface area contributed by atoms with Crippen molar-refractivity contribution >= 4 is 21.7 Å². The van der Waals surface area contributed by atoms with Gasteiger partial charge in [0.1, 0.15) is 0 Å². The fraction of sp³-hybridized carbons (Fsp3) is 0.667. The van der Waals surface area contributed by atoms with Gasteiger partial charge in [0.25, 0.3) is 0 Å². The third kappa shape index (κ3) is 3.34.